The number of unbranched alkanes of at least 4 members (excludes halogenated alkanes) is 1. The van der Waals surface area contributed by atoms with Crippen molar-refractivity contribution >= 4 is 41.7 Å². The van der Waals surface area contributed by atoms with Crippen LogP contribution in [0.2, 0.25) is 0 Å². The van der Waals surface area contributed by atoms with Crippen LogP contribution in [0, 0.1) is 5.92 Å². The lowest BCUT2D eigenvalue weighted by molar-refractivity contribution is -0.151. The zero-order valence-corrected chi connectivity index (χ0v) is 31.1. The van der Waals surface area contributed by atoms with Gasteiger partial charge in [-0.05, 0) is 39.5 Å². The minimum absolute atomic E-state index is 0.0244. The highest BCUT2D eigenvalue weighted by Gasteiger charge is 2.22. The van der Waals surface area contributed by atoms with Gasteiger partial charge in [-0.1, -0.05) is 13.8 Å². The first-order valence-corrected chi connectivity index (χ1v) is 17.4. The van der Waals surface area contributed by atoms with Crippen molar-refractivity contribution in [3.8, 4) is 0 Å². The van der Waals surface area contributed by atoms with Crippen molar-refractivity contribution in [3.05, 3.63) is 12.2 Å². The SMILES string of the molecule is CC(C)COC(=O)CN(CCOC(=O)CCCCN1C(=O)C=CC1=O)CCOC(=O)COCC(=O)NCCOCCOCCNC(=O)OC(C)(C)C. The van der Waals surface area contributed by atoms with Crippen LogP contribution in [0.5, 0.6) is 0 Å². The molecule has 52 heavy (non-hydrogen) atoms. The van der Waals surface area contributed by atoms with E-state index in [9.17, 15) is 33.6 Å². The highest BCUT2D eigenvalue weighted by molar-refractivity contribution is 6.12. The Labute approximate surface area is 305 Å². The van der Waals surface area contributed by atoms with Gasteiger partial charge in [0.2, 0.25) is 5.91 Å². The predicted molar refractivity (Wildman–Crippen MR) is 184 cm³/mol. The molecule has 1 aliphatic heterocycles. The number of carbonyl (C=O) groups is 7. The van der Waals surface area contributed by atoms with Gasteiger partial charge >= 0.3 is 24.0 Å². The number of ether oxygens (including phenoxy) is 7. The van der Waals surface area contributed by atoms with Crippen LogP contribution >= 0.6 is 0 Å². The normalized spacial score (nSPS) is 12.7. The Morgan fingerprint density at radius 1 is 0.731 bits per heavy atom. The molecule has 1 aliphatic rings. The maximum Gasteiger partial charge on any atom is 0.407 e. The fraction of sp³-hybridized carbons (Fsp3) is 0.735. The molecule has 0 bridgehead atoms. The maximum absolute atomic E-state index is 12.3. The van der Waals surface area contributed by atoms with E-state index in [1.807, 2.05) is 13.8 Å². The van der Waals surface area contributed by atoms with Crippen LogP contribution in [-0.2, 0) is 61.9 Å². The molecule has 0 fully saturated rings. The molecule has 0 aliphatic carbocycles. The van der Waals surface area contributed by atoms with Crippen LogP contribution < -0.4 is 10.6 Å². The molecule has 0 spiro atoms. The topological polar surface area (TPSA) is 215 Å². The maximum atomic E-state index is 12.3. The first-order chi connectivity index (χ1) is 24.7. The monoisotopic (exact) mass is 744 g/mol. The van der Waals surface area contributed by atoms with Gasteiger partial charge in [-0.25, -0.2) is 9.59 Å². The van der Waals surface area contributed by atoms with Crippen molar-refractivity contribution in [1.82, 2.24) is 20.4 Å². The first-order valence-electron chi connectivity index (χ1n) is 17.4. The molecule has 0 unspecified atom stereocenters. The van der Waals surface area contributed by atoms with Crippen molar-refractivity contribution in [1.29, 1.82) is 0 Å². The summed E-state index contributed by atoms with van der Waals surface area (Å²) in [6.45, 7) is 10.5. The fourth-order valence-electron chi connectivity index (χ4n) is 4.04. The lowest BCUT2D eigenvalue weighted by Crippen LogP contribution is -2.37. The number of nitrogens with one attached hydrogen (secondary N) is 2. The van der Waals surface area contributed by atoms with Crippen molar-refractivity contribution in [2.24, 2.45) is 5.92 Å². The number of alkyl carbamates (subject to hydrolysis) is 1. The van der Waals surface area contributed by atoms with Crippen LogP contribution in [0.25, 0.3) is 0 Å². The van der Waals surface area contributed by atoms with Gasteiger partial charge in [0.05, 0.1) is 39.6 Å². The first kappa shape index (κ1) is 45.9. The number of hydrogen-bond donors (Lipinski definition) is 2. The molecular formula is C34H56N4O14. The molecule has 0 radical (unpaired) electrons. The Balaban J connectivity index is 2.19. The van der Waals surface area contributed by atoms with E-state index in [0.29, 0.717) is 39.2 Å². The summed E-state index contributed by atoms with van der Waals surface area (Å²) in [5.41, 5.74) is -0.571. The zero-order valence-electron chi connectivity index (χ0n) is 31.1. The smallest absolute Gasteiger partial charge is 0.407 e. The molecule has 1 rings (SSSR count). The third kappa shape index (κ3) is 24.9. The summed E-state index contributed by atoms with van der Waals surface area (Å²) < 4.78 is 36.6. The zero-order chi connectivity index (χ0) is 38.8. The molecule has 0 aromatic carbocycles. The second-order valence-corrected chi connectivity index (χ2v) is 12.9. The number of imide groups is 1. The highest BCUT2D eigenvalue weighted by Crippen LogP contribution is 2.08. The largest absolute Gasteiger partial charge is 0.464 e. The van der Waals surface area contributed by atoms with Crippen LogP contribution in [0.4, 0.5) is 4.79 Å². The molecular weight excluding hydrogens is 688 g/mol. The third-order valence-electron chi connectivity index (χ3n) is 6.49. The van der Waals surface area contributed by atoms with Gasteiger partial charge in [-0.2, -0.15) is 0 Å². The molecule has 0 aromatic heterocycles. The predicted octanol–water partition coefficient (Wildman–Crippen LogP) is 0.360. The molecule has 2 N–H and O–H groups in total. The lowest BCUT2D eigenvalue weighted by atomic mass is 10.2. The van der Waals surface area contributed by atoms with E-state index < -0.39 is 42.1 Å². The number of esters is 3. The summed E-state index contributed by atoms with van der Waals surface area (Å²) in [5, 5.41) is 5.17. The number of carbonyl (C=O) groups excluding carboxylic acids is 7. The highest BCUT2D eigenvalue weighted by atomic mass is 16.6. The molecule has 0 aromatic rings. The number of nitrogens with zero attached hydrogens (tertiary/aromatic N) is 2. The summed E-state index contributed by atoms with van der Waals surface area (Å²) in [5.74, 6) is -2.70. The van der Waals surface area contributed by atoms with Crippen molar-refractivity contribution in [3.63, 3.8) is 0 Å². The standard InChI is InChI=1S/C34H56N4O14/c1-26(2)23-51-31(43)22-37(14-18-49-30(42)8-6-7-13-38-28(40)9-10-29(38)41)15-19-50-32(44)25-48-24-27(39)35-11-16-46-20-21-47-17-12-36-33(45)52-34(3,4)5/h9-10,26H,6-8,11-25H2,1-5H3,(H,35,39)(H,36,45). The van der Waals surface area contributed by atoms with Crippen molar-refractivity contribution < 1.29 is 66.7 Å². The van der Waals surface area contributed by atoms with E-state index in [1.54, 1.807) is 25.7 Å². The van der Waals surface area contributed by atoms with Gasteiger partial charge in [0.15, 0.2) is 0 Å². The number of rotatable bonds is 28. The lowest BCUT2D eigenvalue weighted by Gasteiger charge is -2.21. The van der Waals surface area contributed by atoms with Gasteiger partial charge in [-0.3, -0.25) is 33.8 Å². The van der Waals surface area contributed by atoms with Gasteiger partial charge in [0, 0.05) is 51.3 Å². The average Bonchev–Trinajstić information content (AvgIpc) is 3.38. The van der Waals surface area contributed by atoms with Gasteiger partial charge in [0.25, 0.3) is 11.8 Å². The van der Waals surface area contributed by atoms with Crippen LogP contribution in [0.15, 0.2) is 12.2 Å². The summed E-state index contributed by atoms with van der Waals surface area (Å²) in [6.07, 6.45) is 2.86. The summed E-state index contributed by atoms with van der Waals surface area (Å²) in [7, 11) is 0. The van der Waals surface area contributed by atoms with Crippen molar-refractivity contribution in [2.45, 2.75) is 59.5 Å². The average molecular weight is 745 g/mol. The minimum atomic E-state index is -0.709. The molecule has 1 heterocycles. The Morgan fingerprint density at radius 2 is 1.33 bits per heavy atom. The molecule has 4 amide bonds. The van der Waals surface area contributed by atoms with E-state index in [1.165, 1.54) is 12.2 Å². The second-order valence-electron chi connectivity index (χ2n) is 12.9. The van der Waals surface area contributed by atoms with Crippen LogP contribution in [0.1, 0.15) is 53.9 Å². The van der Waals surface area contributed by atoms with Crippen molar-refractivity contribution in [2.75, 3.05) is 98.7 Å². The Hall–Kier alpha value is -4.13. The van der Waals surface area contributed by atoms with Gasteiger partial charge in [0.1, 0.15) is 32.0 Å². The fourth-order valence-corrected chi connectivity index (χ4v) is 4.04. The van der Waals surface area contributed by atoms with E-state index in [-0.39, 0.29) is 89.9 Å². The second kappa shape index (κ2) is 26.6. The molecule has 296 valence electrons. The van der Waals surface area contributed by atoms with Crippen LogP contribution in [0.3, 0.4) is 0 Å². The Kier molecular flexibility index (Phi) is 23.5. The van der Waals surface area contributed by atoms with Gasteiger partial charge < -0.3 is 43.8 Å². The third-order valence-corrected chi connectivity index (χ3v) is 6.49. The van der Waals surface area contributed by atoms with E-state index in [2.05, 4.69) is 10.6 Å². The molecule has 0 saturated carbocycles. The summed E-state index contributed by atoms with van der Waals surface area (Å²) in [4.78, 5) is 85.9. The minimum Gasteiger partial charge on any atom is -0.464 e. The summed E-state index contributed by atoms with van der Waals surface area (Å²) in [6, 6.07) is 0. The Bertz CT molecular complexity index is 1150. The summed E-state index contributed by atoms with van der Waals surface area (Å²) >= 11 is 0. The Morgan fingerprint density at radius 3 is 1.92 bits per heavy atom. The number of hydrogen-bond acceptors (Lipinski definition) is 15. The quantitative estimate of drug-likeness (QED) is 0.0479. The molecule has 18 nitrogen and oxygen atoms in total. The molecule has 18 heteroatoms. The van der Waals surface area contributed by atoms with E-state index in [4.69, 9.17) is 33.2 Å². The molecule has 0 saturated heterocycles. The van der Waals surface area contributed by atoms with Gasteiger partial charge in [-0.15, -0.1) is 0 Å². The molecule has 0 atom stereocenters. The van der Waals surface area contributed by atoms with E-state index >= 15 is 0 Å². The number of amides is 4. The van der Waals surface area contributed by atoms with E-state index in [0.717, 1.165) is 4.90 Å². The van der Waals surface area contributed by atoms with Crippen LogP contribution in [-0.4, -0.2) is 156 Å².